The summed E-state index contributed by atoms with van der Waals surface area (Å²) in [6, 6.07) is 14.6. The SMILES string of the molecule is CN/C=C\C(=N)c1cccc2c1sc1ccccc12. The van der Waals surface area contributed by atoms with Crippen molar-refractivity contribution >= 4 is 37.2 Å². The van der Waals surface area contributed by atoms with Crippen LogP contribution in [-0.2, 0) is 0 Å². The highest BCUT2D eigenvalue weighted by Gasteiger charge is 2.09. The molecule has 0 saturated carbocycles. The molecule has 0 atom stereocenters. The van der Waals surface area contributed by atoms with Gasteiger partial charge in [0.25, 0.3) is 0 Å². The first-order valence-corrected chi connectivity index (χ1v) is 6.96. The van der Waals surface area contributed by atoms with Crippen molar-refractivity contribution in [2.24, 2.45) is 0 Å². The number of fused-ring (bicyclic) bond motifs is 3. The second-order valence-electron chi connectivity index (χ2n) is 4.32. The van der Waals surface area contributed by atoms with Gasteiger partial charge in [-0.05, 0) is 18.3 Å². The van der Waals surface area contributed by atoms with Crippen LogP contribution < -0.4 is 5.32 Å². The van der Waals surface area contributed by atoms with Crippen molar-refractivity contribution in [2.75, 3.05) is 7.05 Å². The molecule has 3 rings (SSSR count). The maximum absolute atomic E-state index is 8.17. The van der Waals surface area contributed by atoms with Crippen LogP contribution in [0.15, 0.2) is 54.7 Å². The Morgan fingerprint density at radius 2 is 1.89 bits per heavy atom. The van der Waals surface area contributed by atoms with Gasteiger partial charge in [0, 0.05) is 32.8 Å². The zero-order valence-corrected chi connectivity index (χ0v) is 11.4. The third kappa shape index (κ3) is 2.02. The fourth-order valence-electron chi connectivity index (χ4n) is 2.22. The molecule has 0 aliphatic heterocycles. The zero-order chi connectivity index (χ0) is 13.2. The van der Waals surface area contributed by atoms with E-state index < -0.39 is 0 Å². The van der Waals surface area contributed by atoms with Gasteiger partial charge in [-0.3, -0.25) is 0 Å². The monoisotopic (exact) mass is 266 g/mol. The Hall–Kier alpha value is -2.13. The van der Waals surface area contributed by atoms with E-state index in [1.54, 1.807) is 23.6 Å². The van der Waals surface area contributed by atoms with E-state index in [1.807, 2.05) is 19.2 Å². The second-order valence-corrected chi connectivity index (χ2v) is 5.37. The molecule has 19 heavy (non-hydrogen) atoms. The molecule has 0 aliphatic carbocycles. The highest BCUT2D eigenvalue weighted by atomic mass is 32.1. The standard InChI is InChI=1S/C16H14N2S/c1-18-10-9-14(17)13-7-4-6-12-11-5-2-3-8-15(11)19-16(12)13/h2-10,17-18H,1H3/b10-9-,17-14?. The van der Waals surface area contributed by atoms with Crippen molar-refractivity contribution in [3.8, 4) is 0 Å². The predicted octanol–water partition coefficient (Wildman–Crippen LogP) is 4.16. The van der Waals surface area contributed by atoms with E-state index in [0.29, 0.717) is 5.71 Å². The largest absolute Gasteiger partial charge is 0.394 e. The minimum absolute atomic E-state index is 0.534. The molecule has 0 radical (unpaired) electrons. The molecule has 3 aromatic rings. The van der Waals surface area contributed by atoms with Crippen molar-refractivity contribution in [3.05, 3.63) is 60.3 Å². The molecular weight excluding hydrogens is 252 g/mol. The number of rotatable bonds is 3. The van der Waals surface area contributed by atoms with Crippen LogP contribution >= 0.6 is 11.3 Å². The lowest BCUT2D eigenvalue weighted by Crippen LogP contribution is -1.98. The molecular formula is C16H14N2S. The predicted molar refractivity (Wildman–Crippen MR) is 84.4 cm³/mol. The molecule has 1 aromatic heterocycles. The molecule has 0 saturated heterocycles. The summed E-state index contributed by atoms with van der Waals surface area (Å²) in [4.78, 5) is 0. The average Bonchev–Trinajstić information content (AvgIpc) is 2.83. The van der Waals surface area contributed by atoms with Gasteiger partial charge in [0.1, 0.15) is 0 Å². The van der Waals surface area contributed by atoms with Gasteiger partial charge in [-0.2, -0.15) is 0 Å². The van der Waals surface area contributed by atoms with Gasteiger partial charge in [-0.15, -0.1) is 11.3 Å². The van der Waals surface area contributed by atoms with Crippen molar-refractivity contribution < 1.29 is 0 Å². The molecule has 0 unspecified atom stereocenters. The molecule has 3 heteroatoms. The van der Waals surface area contributed by atoms with Crippen LogP contribution in [0, 0.1) is 5.41 Å². The van der Waals surface area contributed by atoms with Gasteiger partial charge in [-0.1, -0.05) is 36.4 Å². The number of hydrogen-bond acceptors (Lipinski definition) is 3. The number of thiophene rings is 1. The van der Waals surface area contributed by atoms with Crippen LogP contribution in [0.2, 0.25) is 0 Å². The van der Waals surface area contributed by atoms with E-state index in [4.69, 9.17) is 5.41 Å². The molecule has 0 aliphatic rings. The highest BCUT2D eigenvalue weighted by molar-refractivity contribution is 7.26. The van der Waals surface area contributed by atoms with Gasteiger partial charge in [-0.25, -0.2) is 0 Å². The van der Waals surface area contributed by atoms with E-state index in [1.165, 1.54) is 20.2 Å². The van der Waals surface area contributed by atoms with Gasteiger partial charge in [0.05, 0.1) is 5.71 Å². The molecule has 0 bridgehead atoms. The quantitative estimate of drug-likeness (QED) is 0.686. The first-order valence-electron chi connectivity index (χ1n) is 6.14. The molecule has 0 spiro atoms. The molecule has 0 fully saturated rings. The highest BCUT2D eigenvalue weighted by Crippen LogP contribution is 2.35. The lowest BCUT2D eigenvalue weighted by Gasteiger charge is -2.01. The molecule has 0 amide bonds. The van der Waals surface area contributed by atoms with Crippen LogP contribution in [0.3, 0.4) is 0 Å². The minimum Gasteiger partial charge on any atom is -0.394 e. The second kappa shape index (κ2) is 4.86. The Bertz CT molecular complexity index is 784. The Morgan fingerprint density at radius 3 is 2.74 bits per heavy atom. The smallest absolute Gasteiger partial charge is 0.0640 e. The van der Waals surface area contributed by atoms with Crippen molar-refractivity contribution in [3.63, 3.8) is 0 Å². The topological polar surface area (TPSA) is 35.9 Å². The van der Waals surface area contributed by atoms with Crippen molar-refractivity contribution in [1.82, 2.24) is 5.32 Å². The van der Waals surface area contributed by atoms with Crippen molar-refractivity contribution in [1.29, 1.82) is 5.41 Å². The zero-order valence-electron chi connectivity index (χ0n) is 10.6. The normalized spacial score (nSPS) is 11.4. The van der Waals surface area contributed by atoms with E-state index in [9.17, 15) is 0 Å². The average molecular weight is 266 g/mol. The fraction of sp³-hybridized carbons (Fsp3) is 0.0625. The van der Waals surface area contributed by atoms with Crippen LogP contribution in [0.5, 0.6) is 0 Å². The van der Waals surface area contributed by atoms with Gasteiger partial charge in [0.2, 0.25) is 0 Å². The summed E-state index contributed by atoms with van der Waals surface area (Å²) in [6.45, 7) is 0. The number of benzene rings is 2. The first kappa shape index (κ1) is 11.9. The summed E-state index contributed by atoms with van der Waals surface area (Å²) in [6.07, 6.45) is 3.58. The third-order valence-electron chi connectivity index (χ3n) is 3.11. The van der Waals surface area contributed by atoms with E-state index in [-0.39, 0.29) is 0 Å². The number of nitrogens with one attached hydrogen (secondary N) is 2. The Labute approximate surface area is 115 Å². The van der Waals surface area contributed by atoms with Gasteiger partial charge in [0.15, 0.2) is 0 Å². The Morgan fingerprint density at radius 1 is 1.11 bits per heavy atom. The maximum atomic E-state index is 8.17. The summed E-state index contributed by atoms with van der Waals surface area (Å²) in [5, 5.41) is 13.6. The van der Waals surface area contributed by atoms with Gasteiger partial charge < -0.3 is 10.7 Å². The lowest BCUT2D eigenvalue weighted by atomic mass is 10.1. The molecule has 2 aromatic carbocycles. The molecule has 1 heterocycles. The number of allylic oxidation sites excluding steroid dienone is 1. The van der Waals surface area contributed by atoms with E-state index in [2.05, 4.69) is 35.6 Å². The first-order chi connectivity index (χ1) is 9.31. The van der Waals surface area contributed by atoms with Crippen molar-refractivity contribution in [2.45, 2.75) is 0 Å². The Kier molecular flexibility index (Phi) is 3.05. The van der Waals surface area contributed by atoms with Crippen LogP contribution in [0.1, 0.15) is 5.56 Å². The number of hydrogen-bond donors (Lipinski definition) is 2. The summed E-state index contributed by atoms with van der Waals surface area (Å²) < 4.78 is 2.46. The maximum Gasteiger partial charge on any atom is 0.0640 e. The van der Waals surface area contributed by atoms with Crippen LogP contribution in [-0.4, -0.2) is 12.8 Å². The third-order valence-corrected chi connectivity index (χ3v) is 4.33. The molecule has 2 nitrogen and oxygen atoms in total. The van der Waals surface area contributed by atoms with Crippen LogP contribution in [0.4, 0.5) is 0 Å². The van der Waals surface area contributed by atoms with E-state index >= 15 is 0 Å². The molecule has 94 valence electrons. The van der Waals surface area contributed by atoms with Crippen LogP contribution in [0.25, 0.3) is 20.2 Å². The lowest BCUT2D eigenvalue weighted by molar-refractivity contribution is 1.10. The minimum atomic E-state index is 0.534. The summed E-state index contributed by atoms with van der Waals surface area (Å²) in [5.74, 6) is 0. The Balaban J connectivity index is 2.26. The van der Waals surface area contributed by atoms with Gasteiger partial charge >= 0.3 is 0 Å². The van der Waals surface area contributed by atoms with E-state index in [0.717, 1.165) is 5.56 Å². The summed E-state index contributed by atoms with van der Waals surface area (Å²) >= 11 is 1.75. The summed E-state index contributed by atoms with van der Waals surface area (Å²) in [7, 11) is 1.84. The summed E-state index contributed by atoms with van der Waals surface area (Å²) in [5.41, 5.74) is 1.52. The molecule has 2 N–H and O–H groups in total. The fourth-order valence-corrected chi connectivity index (χ4v) is 3.45.